The number of barbiturate groups is 1. The van der Waals surface area contributed by atoms with Crippen LogP contribution in [0, 0.1) is 19.3 Å². The first-order chi connectivity index (χ1) is 17.3. The van der Waals surface area contributed by atoms with E-state index in [4.69, 9.17) is 11.6 Å². The fraction of sp³-hybridized carbons (Fsp3) is 0.276. The summed E-state index contributed by atoms with van der Waals surface area (Å²) in [5, 5.41) is 0.526. The zero-order valence-electron chi connectivity index (χ0n) is 20.2. The third-order valence-corrected chi connectivity index (χ3v) is 8.17. The molecular weight excluding hydrogens is 474 g/mol. The highest BCUT2D eigenvalue weighted by Crippen LogP contribution is 2.52. The second-order valence-electron chi connectivity index (χ2n) is 9.97. The molecule has 0 radical (unpaired) electrons. The van der Waals surface area contributed by atoms with Gasteiger partial charge in [0.1, 0.15) is 0 Å². The first-order valence-electron chi connectivity index (χ1n) is 12.2. The van der Waals surface area contributed by atoms with Gasteiger partial charge in [0.25, 0.3) is 11.8 Å². The number of urea groups is 1. The fourth-order valence-corrected chi connectivity index (χ4v) is 6.24. The van der Waals surface area contributed by atoms with E-state index < -0.39 is 23.3 Å². The highest BCUT2D eigenvalue weighted by atomic mass is 35.5. The molecule has 2 saturated heterocycles. The number of hydrogen-bond donors (Lipinski definition) is 0. The number of carbonyl (C=O) groups is 3. The van der Waals surface area contributed by atoms with Crippen molar-refractivity contribution in [1.82, 2.24) is 0 Å². The van der Waals surface area contributed by atoms with Crippen molar-refractivity contribution in [2.75, 3.05) is 21.2 Å². The molecule has 4 amide bonds. The summed E-state index contributed by atoms with van der Waals surface area (Å²) < 4.78 is 0. The molecule has 2 fully saturated rings. The molecule has 36 heavy (non-hydrogen) atoms. The minimum absolute atomic E-state index is 0.152. The van der Waals surface area contributed by atoms with E-state index in [9.17, 15) is 14.4 Å². The Kier molecular flexibility index (Phi) is 5.20. The third kappa shape index (κ3) is 3.14. The summed E-state index contributed by atoms with van der Waals surface area (Å²) in [5.41, 5.74) is 3.20. The van der Waals surface area contributed by atoms with E-state index in [1.165, 1.54) is 9.80 Å². The minimum atomic E-state index is -1.47. The van der Waals surface area contributed by atoms with Crippen molar-refractivity contribution in [1.29, 1.82) is 0 Å². The molecule has 1 atom stereocenters. The summed E-state index contributed by atoms with van der Waals surface area (Å²) in [5.74, 6) is -0.959. The maximum absolute atomic E-state index is 14.5. The maximum Gasteiger partial charge on any atom is 0.342 e. The summed E-state index contributed by atoms with van der Waals surface area (Å²) in [4.78, 5) is 47.4. The molecule has 6 nitrogen and oxygen atoms in total. The molecule has 6 rings (SSSR count). The molecule has 7 heteroatoms. The van der Waals surface area contributed by atoms with Crippen molar-refractivity contribution >= 4 is 46.5 Å². The Morgan fingerprint density at radius 1 is 0.806 bits per heavy atom. The fourth-order valence-electron chi connectivity index (χ4n) is 6.00. The number of anilines is 3. The average molecular weight is 500 g/mol. The SMILES string of the molecule is Cc1ccc(N2C(=O)N(c3ccc(C)cc3)C(=O)C3(Cc4c(Cl)cccc4N4CCCC43)C2=O)cc1. The Hall–Kier alpha value is -3.64. The zero-order chi connectivity index (χ0) is 25.2. The molecule has 0 aliphatic carbocycles. The van der Waals surface area contributed by atoms with Crippen molar-refractivity contribution in [2.24, 2.45) is 5.41 Å². The zero-order valence-corrected chi connectivity index (χ0v) is 21.0. The van der Waals surface area contributed by atoms with E-state index >= 15 is 0 Å². The lowest BCUT2D eigenvalue weighted by atomic mass is 9.68. The molecule has 3 aromatic carbocycles. The van der Waals surface area contributed by atoms with Crippen molar-refractivity contribution in [3.63, 3.8) is 0 Å². The molecule has 0 N–H and O–H groups in total. The van der Waals surface area contributed by atoms with Gasteiger partial charge in [-0.3, -0.25) is 9.59 Å². The van der Waals surface area contributed by atoms with Gasteiger partial charge in [0.05, 0.1) is 17.4 Å². The van der Waals surface area contributed by atoms with Gasteiger partial charge in [0.2, 0.25) is 0 Å². The summed E-state index contributed by atoms with van der Waals surface area (Å²) in [6, 6.07) is 19.2. The van der Waals surface area contributed by atoms with Crippen LogP contribution in [0.2, 0.25) is 5.02 Å². The first-order valence-corrected chi connectivity index (χ1v) is 12.6. The molecule has 3 heterocycles. The van der Waals surface area contributed by atoms with Crippen LogP contribution in [0.4, 0.5) is 21.9 Å². The van der Waals surface area contributed by atoms with E-state index in [1.54, 1.807) is 30.3 Å². The number of imide groups is 2. The second kappa shape index (κ2) is 8.20. The topological polar surface area (TPSA) is 60.9 Å². The number of hydrogen-bond acceptors (Lipinski definition) is 4. The third-order valence-electron chi connectivity index (χ3n) is 7.82. The lowest BCUT2D eigenvalue weighted by molar-refractivity contribution is -0.142. The van der Waals surface area contributed by atoms with Crippen LogP contribution in [0.15, 0.2) is 66.7 Å². The molecule has 3 aromatic rings. The Bertz CT molecular complexity index is 1330. The van der Waals surface area contributed by atoms with Crippen LogP contribution in [0.25, 0.3) is 0 Å². The van der Waals surface area contributed by atoms with Crippen LogP contribution in [-0.4, -0.2) is 30.4 Å². The Labute approximate surface area is 215 Å². The number of rotatable bonds is 2. The Morgan fingerprint density at radius 3 is 1.92 bits per heavy atom. The number of halogens is 1. The number of amides is 4. The quantitative estimate of drug-likeness (QED) is 0.426. The molecule has 0 saturated carbocycles. The van der Waals surface area contributed by atoms with Gasteiger partial charge in [-0.1, -0.05) is 53.1 Å². The number of fused-ring (bicyclic) bond motifs is 4. The van der Waals surface area contributed by atoms with Crippen molar-refractivity contribution in [3.05, 3.63) is 88.4 Å². The number of nitrogens with zero attached hydrogens (tertiary/aromatic N) is 3. The van der Waals surface area contributed by atoms with Crippen molar-refractivity contribution in [3.8, 4) is 0 Å². The number of benzene rings is 3. The van der Waals surface area contributed by atoms with Crippen molar-refractivity contribution in [2.45, 2.75) is 39.2 Å². The van der Waals surface area contributed by atoms with Crippen LogP contribution in [0.5, 0.6) is 0 Å². The molecule has 3 aliphatic rings. The molecule has 182 valence electrons. The van der Waals surface area contributed by atoms with E-state index in [1.807, 2.05) is 50.2 Å². The van der Waals surface area contributed by atoms with Crippen molar-refractivity contribution < 1.29 is 14.4 Å². The van der Waals surface area contributed by atoms with Crippen LogP contribution < -0.4 is 14.7 Å². The van der Waals surface area contributed by atoms with Crippen LogP contribution in [0.3, 0.4) is 0 Å². The minimum Gasteiger partial charge on any atom is -0.367 e. The van der Waals surface area contributed by atoms with Crippen LogP contribution >= 0.6 is 11.6 Å². The molecule has 1 unspecified atom stereocenters. The largest absolute Gasteiger partial charge is 0.367 e. The molecule has 0 bridgehead atoms. The lowest BCUT2D eigenvalue weighted by Crippen LogP contribution is -2.72. The van der Waals surface area contributed by atoms with Gasteiger partial charge in [-0.05, 0) is 68.7 Å². The number of aryl methyl sites for hydroxylation is 2. The second-order valence-corrected chi connectivity index (χ2v) is 10.4. The summed E-state index contributed by atoms with van der Waals surface area (Å²) in [6.07, 6.45) is 1.68. The van der Waals surface area contributed by atoms with Crippen LogP contribution in [-0.2, 0) is 16.0 Å². The van der Waals surface area contributed by atoms with Gasteiger partial charge in [-0.25, -0.2) is 14.6 Å². The Balaban J connectivity index is 1.59. The van der Waals surface area contributed by atoms with Gasteiger partial charge in [-0.15, -0.1) is 0 Å². The molecule has 1 spiro atoms. The first kappa shape index (κ1) is 22.8. The summed E-state index contributed by atoms with van der Waals surface area (Å²) in [6.45, 7) is 4.62. The van der Waals surface area contributed by atoms with Gasteiger partial charge in [-0.2, -0.15) is 0 Å². The maximum atomic E-state index is 14.5. The molecule has 0 aromatic heterocycles. The van der Waals surface area contributed by atoms with Crippen LogP contribution in [0.1, 0.15) is 29.5 Å². The lowest BCUT2D eigenvalue weighted by Gasteiger charge is -2.52. The highest BCUT2D eigenvalue weighted by molar-refractivity contribution is 6.39. The highest BCUT2D eigenvalue weighted by Gasteiger charge is 2.65. The normalized spacial score (nSPS) is 20.7. The van der Waals surface area contributed by atoms with Gasteiger partial charge < -0.3 is 4.90 Å². The van der Waals surface area contributed by atoms with E-state index in [0.29, 0.717) is 22.8 Å². The Morgan fingerprint density at radius 2 is 1.36 bits per heavy atom. The van der Waals surface area contributed by atoms with E-state index in [2.05, 4.69) is 4.90 Å². The van der Waals surface area contributed by atoms with Gasteiger partial charge in [0, 0.05) is 23.7 Å². The van der Waals surface area contributed by atoms with Gasteiger partial charge >= 0.3 is 6.03 Å². The van der Waals surface area contributed by atoms with Gasteiger partial charge in [0.15, 0.2) is 5.41 Å². The number of carbonyl (C=O) groups excluding carboxylic acids is 3. The predicted molar refractivity (Wildman–Crippen MR) is 141 cm³/mol. The van der Waals surface area contributed by atoms with E-state index in [0.717, 1.165) is 35.3 Å². The summed E-state index contributed by atoms with van der Waals surface area (Å²) >= 11 is 6.66. The predicted octanol–water partition coefficient (Wildman–Crippen LogP) is 5.67. The monoisotopic (exact) mass is 499 g/mol. The summed E-state index contributed by atoms with van der Waals surface area (Å²) in [7, 11) is 0. The smallest absolute Gasteiger partial charge is 0.342 e. The average Bonchev–Trinajstić information content (AvgIpc) is 3.37. The standard InChI is InChI=1S/C29H26ClN3O3/c1-18-8-12-20(13-9-18)32-26(34)29(27(35)33(28(32)36)21-14-10-19(2)11-15-21)17-22-23(30)5-3-6-24(22)31-16-4-7-25(29)31/h3,5-6,8-15,25H,4,7,16-17H2,1-2H3. The van der Waals surface area contributed by atoms with E-state index in [-0.39, 0.29) is 12.5 Å². The molecule has 3 aliphatic heterocycles. The molecular formula is C29H26ClN3O3.